The second kappa shape index (κ2) is 3.92. The lowest BCUT2D eigenvalue weighted by atomic mass is 9.92. The summed E-state index contributed by atoms with van der Waals surface area (Å²) < 4.78 is 5.13. The van der Waals surface area contributed by atoms with Gasteiger partial charge in [0.1, 0.15) is 18.4 Å². The van der Waals surface area contributed by atoms with Crippen LogP contribution in [-0.4, -0.2) is 22.6 Å². The van der Waals surface area contributed by atoms with Crippen LogP contribution in [0.2, 0.25) is 0 Å². The van der Waals surface area contributed by atoms with Crippen LogP contribution in [0.1, 0.15) is 45.7 Å². The average Bonchev–Trinajstić information content (AvgIpc) is 2.61. The first kappa shape index (κ1) is 10.6. The Bertz CT molecular complexity index is 469. The Hall–Kier alpha value is -1.91. The molecular weight excluding hydrogens is 212 g/mol. The number of carboxylic acid groups (broad SMARTS) is 1. The fraction of sp³-hybridized carbons (Fsp3) is 0.364. The highest BCUT2D eigenvalue weighted by molar-refractivity contribution is 6.13. The molecule has 2 rings (SSSR count). The third-order valence-electron chi connectivity index (χ3n) is 2.57. The molecule has 0 fully saturated rings. The minimum Gasteiger partial charge on any atom is -0.481 e. The molecule has 0 unspecified atom stereocenters. The lowest BCUT2D eigenvalue weighted by molar-refractivity contribution is -0.135. The number of furan rings is 1. The maximum Gasteiger partial charge on any atom is 0.311 e. The molecular formula is C11H10O5. The molecule has 1 aromatic heterocycles. The smallest absolute Gasteiger partial charge is 0.311 e. The summed E-state index contributed by atoms with van der Waals surface area (Å²) in [4.78, 5) is 33.6. The van der Waals surface area contributed by atoms with Crippen LogP contribution in [0.4, 0.5) is 0 Å². The molecule has 0 aliphatic heterocycles. The van der Waals surface area contributed by atoms with Crippen molar-refractivity contribution in [3.05, 3.63) is 23.2 Å². The van der Waals surface area contributed by atoms with Crippen LogP contribution in [-0.2, 0) is 11.2 Å². The van der Waals surface area contributed by atoms with Gasteiger partial charge in [-0.05, 0) is 6.42 Å². The Morgan fingerprint density at radius 1 is 1.38 bits per heavy atom. The molecule has 0 bridgehead atoms. The highest BCUT2D eigenvalue weighted by Gasteiger charge is 2.28. The largest absolute Gasteiger partial charge is 0.481 e. The van der Waals surface area contributed by atoms with Crippen molar-refractivity contribution >= 4 is 17.5 Å². The van der Waals surface area contributed by atoms with E-state index in [4.69, 9.17) is 9.52 Å². The molecule has 0 saturated heterocycles. The number of carboxylic acids is 1. The van der Waals surface area contributed by atoms with E-state index in [0.717, 1.165) is 0 Å². The van der Waals surface area contributed by atoms with Crippen molar-refractivity contribution in [2.24, 2.45) is 0 Å². The van der Waals surface area contributed by atoms with Gasteiger partial charge in [-0.25, -0.2) is 0 Å². The molecule has 0 spiro atoms. The first-order valence-electron chi connectivity index (χ1n) is 4.98. The number of carbonyl (C=O) groups excluding carboxylic acids is 2. The Labute approximate surface area is 91.1 Å². The molecule has 16 heavy (non-hydrogen) atoms. The first-order valence-corrected chi connectivity index (χ1v) is 4.98. The maximum atomic E-state index is 11.6. The fourth-order valence-electron chi connectivity index (χ4n) is 1.86. The van der Waals surface area contributed by atoms with Crippen LogP contribution < -0.4 is 0 Å². The summed E-state index contributed by atoms with van der Waals surface area (Å²) in [5, 5.41) is 8.52. The summed E-state index contributed by atoms with van der Waals surface area (Å²) in [5.41, 5.74) is 0.402. The zero-order valence-corrected chi connectivity index (χ0v) is 8.49. The molecule has 0 amide bonds. The zero-order chi connectivity index (χ0) is 11.7. The molecule has 1 aromatic rings. The molecule has 5 heteroatoms. The predicted molar refractivity (Wildman–Crippen MR) is 52.6 cm³/mol. The number of hydrogen-bond donors (Lipinski definition) is 1. The van der Waals surface area contributed by atoms with Gasteiger partial charge < -0.3 is 9.52 Å². The van der Waals surface area contributed by atoms with E-state index in [0.29, 0.717) is 25.0 Å². The molecule has 5 nitrogen and oxygen atoms in total. The highest BCUT2D eigenvalue weighted by atomic mass is 16.4. The van der Waals surface area contributed by atoms with E-state index in [2.05, 4.69) is 0 Å². The molecule has 1 heterocycles. The predicted octanol–water partition coefficient (Wildman–Crippen LogP) is 1.46. The van der Waals surface area contributed by atoms with Crippen molar-refractivity contribution in [3.63, 3.8) is 0 Å². The second-order valence-corrected chi connectivity index (χ2v) is 3.72. The van der Waals surface area contributed by atoms with Crippen molar-refractivity contribution in [2.45, 2.75) is 25.7 Å². The van der Waals surface area contributed by atoms with Gasteiger partial charge in [-0.1, -0.05) is 0 Å². The van der Waals surface area contributed by atoms with E-state index in [-0.39, 0.29) is 16.9 Å². The standard InChI is InChI=1S/C11H10O5/c12-7-2-1-3-9-11(7)6(5-16-9)8(13)4-10(14)15/h5H,1-4H2,(H,14,15). The fourth-order valence-corrected chi connectivity index (χ4v) is 1.86. The topological polar surface area (TPSA) is 84.6 Å². The van der Waals surface area contributed by atoms with E-state index in [1.165, 1.54) is 6.26 Å². The number of aliphatic carboxylic acids is 1. The molecule has 84 valence electrons. The molecule has 1 N–H and O–H groups in total. The Morgan fingerprint density at radius 3 is 2.81 bits per heavy atom. The van der Waals surface area contributed by atoms with Gasteiger partial charge in [0.15, 0.2) is 11.6 Å². The summed E-state index contributed by atoms with van der Waals surface area (Å²) in [6.45, 7) is 0. The lowest BCUT2D eigenvalue weighted by Crippen LogP contribution is -2.14. The Kier molecular flexibility index (Phi) is 2.60. The van der Waals surface area contributed by atoms with Gasteiger partial charge in [0.25, 0.3) is 0 Å². The van der Waals surface area contributed by atoms with E-state index < -0.39 is 18.2 Å². The van der Waals surface area contributed by atoms with Crippen LogP contribution in [0.3, 0.4) is 0 Å². The number of rotatable bonds is 3. The lowest BCUT2D eigenvalue weighted by Gasteiger charge is -2.08. The number of fused-ring (bicyclic) bond motifs is 1. The SMILES string of the molecule is O=C(O)CC(=O)c1coc2c1C(=O)CCC2. The molecule has 1 aliphatic carbocycles. The van der Waals surface area contributed by atoms with Crippen molar-refractivity contribution in [1.29, 1.82) is 0 Å². The summed E-state index contributed by atoms with van der Waals surface area (Å²) in [5.74, 6) is -1.41. The minimum atomic E-state index is -1.21. The first-order chi connectivity index (χ1) is 7.59. The third-order valence-corrected chi connectivity index (χ3v) is 2.57. The van der Waals surface area contributed by atoms with Crippen LogP contribution in [0.15, 0.2) is 10.7 Å². The number of aryl methyl sites for hydroxylation is 1. The highest BCUT2D eigenvalue weighted by Crippen LogP contribution is 2.27. The van der Waals surface area contributed by atoms with E-state index >= 15 is 0 Å². The molecule has 0 aromatic carbocycles. The number of ketones is 2. The minimum absolute atomic E-state index is 0.113. The second-order valence-electron chi connectivity index (χ2n) is 3.72. The normalized spacial score (nSPS) is 14.6. The molecule has 0 atom stereocenters. The van der Waals surface area contributed by atoms with Crippen LogP contribution in [0.5, 0.6) is 0 Å². The van der Waals surface area contributed by atoms with Gasteiger partial charge in [-0.2, -0.15) is 0 Å². The monoisotopic (exact) mass is 222 g/mol. The van der Waals surface area contributed by atoms with Crippen LogP contribution >= 0.6 is 0 Å². The molecule has 0 saturated carbocycles. The number of hydrogen-bond acceptors (Lipinski definition) is 4. The average molecular weight is 222 g/mol. The van der Waals surface area contributed by atoms with Crippen molar-refractivity contribution in [1.82, 2.24) is 0 Å². The van der Waals surface area contributed by atoms with Gasteiger partial charge in [-0.3, -0.25) is 14.4 Å². The van der Waals surface area contributed by atoms with Crippen molar-refractivity contribution in [3.8, 4) is 0 Å². The summed E-state index contributed by atoms with van der Waals surface area (Å²) in [6.07, 6.45) is 2.31. The Morgan fingerprint density at radius 2 is 2.12 bits per heavy atom. The van der Waals surface area contributed by atoms with Gasteiger partial charge in [0.05, 0.1) is 11.1 Å². The van der Waals surface area contributed by atoms with E-state index in [1.807, 2.05) is 0 Å². The quantitative estimate of drug-likeness (QED) is 0.618. The van der Waals surface area contributed by atoms with Gasteiger partial charge in [0.2, 0.25) is 0 Å². The summed E-state index contributed by atoms with van der Waals surface area (Å²) in [6, 6.07) is 0. The molecule has 1 aliphatic rings. The summed E-state index contributed by atoms with van der Waals surface area (Å²) in [7, 11) is 0. The van der Waals surface area contributed by atoms with E-state index in [9.17, 15) is 14.4 Å². The van der Waals surface area contributed by atoms with Gasteiger partial charge in [-0.15, -0.1) is 0 Å². The Balaban J connectivity index is 2.36. The zero-order valence-electron chi connectivity index (χ0n) is 8.49. The number of carbonyl (C=O) groups is 3. The summed E-state index contributed by atoms with van der Waals surface area (Å²) >= 11 is 0. The maximum absolute atomic E-state index is 11.6. The van der Waals surface area contributed by atoms with Gasteiger partial charge in [0, 0.05) is 12.8 Å². The van der Waals surface area contributed by atoms with Crippen LogP contribution in [0, 0.1) is 0 Å². The van der Waals surface area contributed by atoms with Crippen LogP contribution in [0.25, 0.3) is 0 Å². The third kappa shape index (κ3) is 1.76. The number of Topliss-reactive ketones (excluding diaryl/α,β-unsaturated/α-hetero) is 2. The van der Waals surface area contributed by atoms with Crippen molar-refractivity contribution < 1.29 is 23.9 Å². The van der Waals surface area contributed by atoms with Gasteiger partial charge >= 0.3 is 5.97 Å². The van der Waals surface area contributed by atoms with Crippen molar-refractivity contribution in [2.75, 3.05) is 0 Å². The van der Waals surface area contributed by atoms with E-state index in [1.54, 1.807) is 0 Å². The molecule has 0 radical (unpaired) electrons.